The molecule has 3 nitrogen and oxygen atoms in total. The summed E-state index contributed by atoms with van der Waals surface area (Å²) >= 11 is 1.83. The Balaban J connectivity index is 1.12. The van der Waals surface area contributed by atoms with Crippen molar-refractivity contribution in [3.05, 3.63) is 200 Å². The van der Waals surface area contributed by atoms with Crippen LogP contribution in [0.3, 0.4) is 0 Å². The van der Waals surface area contributed by atoms with E-state index in [1.807, 2.05) is 35.6 Å². The van der Waals surface area contributed by atoms with E-state index in [0.717, 1.165) is 33.2 Å². The summed E-state index contributed by atoms with van der Waals surface area (Å²) in [5.41, 5.74) is 9.93. The number of aromatic nitrogens is 3. The van der Waals surface area contributed by atoms with Crippen molar-refractivity contribution in [3.63, 3.8) is 0 Å². The minimum absolute atomic E-state index is 0.646. The van der Waals surface area contributed by atoms with E-state index in [9.17, 15) is 0 Å². The Morgan fingerprint density at radius 1 is 0.298 bits per heavy atom. The van der Waals surface area contributed by atoms with Crippen molar-refractivity contribution in [2.45, 2.75) is 0 Å². The Kier molecular flexibility index (Phi) is 8.01. The number of nitrogens with zero attached hydrogens (tertiary/aromatic N) is 3. The van der Waals surface area contributed by atoms with Crippen molar-refractivity contribution in [1.82, 2.24) is 15.0 Å². The number of thiophene rings is 1. The van der Waals surface area contributed by atoms with Crippen molar-refractivity contribution in [2.75, 3.05) is 0 Å². The second kappa shape index (κ2) is 13.8. The van der Waals surface area contributed by atoms with Crippen LogP contribution >= 0.6 is 11.3 Å². The van der Waals surface area contributed by atoms with Gasteiger partial charge in [0.2, 0.25) is 0 Å². The van der Waals surface area contributed by atoms with Crippen LogP contribution in [0.25, 0.3) is 109 Å². The van der Waals surface area contributed by atoms with Gasteiger partial charge in [0.15, 0.2) is 17.5 Å². The average Bonchev–Trinajstić information content (AvgIpc) is 3.68. The fourth-order valence-corrected chi connectivity index (χ4v) is 9.51. The molecule has 0 aliphatic rings. The molecule has 0 spiro atoms. The van der Waals surface area contributed by atoms with Crippen LogP contribution < -0.4 is 0 Å². The highest BCUT2D eigenvalue weighted by atomic mass is 32.1. The molecule has 0 atom stereocenters. The van der Waals surface area contributed by atoms with Gasteiger partial charge in [-0.15, -0.1) is 11.3 Å². The lowest BCUT2D eigenvalue weighted by Crippen LogP contribution is -2.01. The fourth-order valence-electron chi connectivity index (χ4n) is 8.26. The molecule has 0 aliphatic heterocycles. The van der Waals surface area contributed by atoms with Crippen LogP contribution in [0.5, 0.6) is 0 Å². The van der Waals surface area contributed by atoms with Gasteiger partial charge in [0, 0.05) is 42.2 Å². The SMILES string of the molecule is c1ccc(-c2nc(-c3ccccc3-c3ccccc3)nc(-c3cccc4sc5c6ccccc6c(-c6ccc(-c7cccc8ccccc78)cc6)cc5c34)n2)cc1. The van der Waals surface area contributed by atoms with E-state index in [0.29, 0.717) is 17.5 Å². The van der Waals surface area contributed by atoms with Crippen molar-refractivity contribution < 1.29 is 0 Å². The molecule has 0 bridgehead atoms. The molecule has 0 unspecified atom stereocenters. The van der Waals surface area contributed by atoms with Gasteiger partial charge in [-0.1, -0.05) is 188 Å². The first-order chi connectivity index (χ1) is 28.3. The van der Waals surface area contributed by atoms with Gasteiger partial charge in [-0.2, -0.15) is 0 Å². The summed E-state index contributed by atoms with van der Waals surface area (Å²) in [7, 11) is 0. The number of rotatable bonds is 6. The monoisotopic (exact) mass is 743 g/mol. The van der Waals surface area contributed by atoms with E-state index >= 15 is 0 Å². The molecule has 266 valence electrons. The van der Waals surface area contributed by atoms with E-state index in [4.69, 9.17) is 15.0 Å². The highest BCUT2D eigenvalue weighted by molar-refractivity contribution is 7.26. The molecule has 0 fully saturated rings. The molecule has 0 amide bonds. The first-order valence-electron chi connectivity index (χ1n) is 19.2. The third-order valence-electron chi connectivity index (χ3n) is 11.0. The first kappa shape index (κ1) is 33.1. The summed E-state index contributed by atoms with van der Waals surface area (Å²) in [5.74, 6) is 1.95. The molecule has 11 rings (SSSR count). The normalized spacial score (nSPS) is 11.5. The molecule has 0 saturated heterocycles. The Bertz CT molecular complexity index is 3270. The third kappa shape index (κ3) is 5.78. The van der Waals surface area contributed by atoms with Crippen LogP contribution in [0.2, 0.25) is 0 Å². The van der Waals surface area contributed by atoms with Crippen LogP contribution in [-0.2, 0) is 0 Å². The molecule has 57 heavy (non-hydrogen) atoms. The standard InChI is InChI=1S/C53H33N3S/c1-3-15-34(16-4-1)41-22-9-12-25-44(41)52-54-51(38-18-5-2-6-19-38)55-53(56-52)45-27-14-28-48-49(45)47-33-46(42-23-10-11-24-43(42)50(47)57-48)37-31-29-36(30-32-37)40-26-13-20-35-17-7-8-21-39(35)40/h1-33H. The summed E-state index contributed by atoms with van der Waals surface area (Å²) in [6, 6.07) is 71.0. The van der Waals surface area contributed by atoms with Gasteiger partial charge in [0.1, 0.15) is 0 Å². The maximum absolute atomic E-state index is 5.31. The van der Waals surface area contributed by atoms with Crippen molar-refractivity contribution in [2.24, 2.45) is 0 Å². The zero-order valence-electron chi connectivity index (χ0n) is 30.8. The van der Waals surface area contributed by atoms with Gasteiger partial charge in [-0.05, 0) is 61.7 Å². The quantitative estimate of drug-likeness (QED) is 0.170. The van der Waals surface area contributed by atoms with Crippen LogP contribution in [0.4, 0.5) is 0 Å². The minimum atomic E-state index is 0.646. The second-order valence-electron chi connectivity index (χ2n) is 14.3. The van der Waals surface area contributed by atoms with E-state index in [-0.39, 0.29) is 0 Å². The lowest BCUT2D eigenvalue weighted by molar-refractivity contribution is 1.08. The Morgan fingerprint density at radius 2 is 0.807 bits per heavy atom. The molecule has 0 N–H and O–H groups in total. The summed E-state index contributed by atoms with van der Waals surface area (Å²) in [6.45, 7) is 0. The number of benzene rings is 9. The largest absolute Gasteiger partial charge is 0.208 e. The van der Waals surface area contributed by atoms with Crippen LogP contribution in [0.1, 0.15) is 0 Å². The van der Waals surface area contributed by atoms with Crippen molar-refractivity contribution >= 4 is 53.1 Å². The smallest absolute Gasteiger partial charge is 0.164 e. The highest BCUT2D eigenvalue weighted by Crippen LogP contribution is 2.46. The van der Waals surface area contributed by atoms with Gasteiger partial charge in [-0.25, -0.2) is 15.0 Å². The summed E-state index contributed by atoms with van der Waals surface area (Å²) < 4.78 is 2.46. The molecule has 0 saturated carbocycles. The highest BCUT2D eigenvalue weighted by Gasteiger charge is 2.20. The molecule has 2 aromatic heterocycles. The van der Waals surface area contributed by atoms with Gasteiger partial charge >= 0.3 is 0 Å². The Hall–Kier alpha value is -7.27. The summed E-state index contributed by atoms with van der Waals surface area (Å²) in [6.07, 6.45) is 0. The zero-order valence-corrected chi connectivity index (χ0v) is 31.6. The fraction of sp³-hybridized carbons (Fsp3) is 0. The van der Waals surface area contributed by atoms with Gasteiger partial charge in [0.25, 0.3) is 0 Å². The van der Waals surface area contributed by atoms with Crippen LogP contribution in [-0.4, -0.2) is 15.0 Å². The second-order valence-corrected chi connectivity index (χ2v) is 15.4. The maximum atomic E-state index is 5.31. The maximum Gasteiger partial charge on any atom is 0.164 e. The molecule has 2 heterocycles. The molecule has 11 aromatic rings. The molecule has 4 heteroatoms. The molecule has 0 aliphatic carbocycles. The Morgan fingerprint density at radius 3 is 1.58 bits per heavy atom. The lowest BCUT2D eigenvalue weighted by atomic mass is 9.92. The van der Waals surface area contributed by atoms with Crippen molar-refractivity contribution in [3.8, 4) is 67.5 Å². The van der Waals surface area contributed by atoms with E-state index in [2.05, 4.69) is 176 Å². The summed E-state index contributed by atoms with van der Waals surface area (Å²) in [5, 5.41) is 7.35. The predicted molar refractivity (Wildman–Crippen MR) is 240 cm³/mol. The van der Waals surface area contributed by atoms with E-state index in [1.165, 1.54) is 58.6 Å². The molecule has 0 radical (unpaired) electrons. The Labute approximate surface area is 334 Å². The number of hydrogen-bond donors (Lipinski definition) is 0. The molecular weight excluding hydrogens is 711 g/mol. The van der Waals surface area contributed by atoms with Gasteiger partial charge in [0.05, 0.1) is 0 Å². The predicted octanol–water partition coefficient (Wildman–Crippen LogP) is 14.5. The van der Waals surface area contributed by atoms with E-state index in [1.54, 1.807) is 0 Å². The van der Waals surface area contributed by atoms with Crippen LogP contribution in [0, 0.1) is 0 Å². The topological polar surface area (TPSA) is 38.7 Å². The van der Waals surface area contributed by atoms with E-state index < -0.39 is 0 Å². The molecule has 9 aromatic carbocycles. The third-order valence-corrected chi connectivity index (χ3v) is 12.2. The number of fused-ring (bicyclic) bond motifs is 6. The first-order valence-corrected chi connectivity index (χ1v) is 20.0. The van der Waals surface area contributed by atoms with Gasteiger partial charge in [-0.3, -0.25) is 0 Å². The zero-order chi connectivity index (χ0) is 37.7. The summed E-state index contributed by atoms with van der Waals surface area (Å²) in [4.78, 5) is 15.7. The van der Waals surface area contributed by atoms with Gasteiger partial charge < -0.3 is 0 Å². The van der Waals surface area contributed by atoms with Crippen molar-refractivity contribution in [1.29, 1.82) is 0 Å². The minimum Gasteiger partial charge on any atom is -0.208 e. The molecular formula is C53H33N3S. The number of hydrogen-bond acceptors (Lipinski definition) is 4. The lowest BCUT2D eigenvalue weighted by Gasteiger charge is -2.13. The van der Waals surface area contributed by atoms with Crippen LogP contribution in [0.15, 0.2) is 200 Å². The average molecular weight is 744 g/mol.